The van der Waals surface area contributed by atoms with E-state index in [4.69, 9.17) is 0 Å². The number of oxime groups is 1. The minimum absolute atomic E-state index is 0.571. The molecule has 0 aliphatic rings. The van der Waals surface area contributed by atoms with Crippen LogP contribution in [0.25, 0.3) is 6.08 Å². The largest absolute Gasteiger partial charge is 0.410 e. The Morgan fingerprint density at radius 1 is 0.947 bits per heavy atom. The minimum atomic E-state index is 0.571. The smallest absolute Gasteiger partial charge is 0.110 e. The number of nitrogens with zero attached hydrogens (tertiary/aromatic N) is 1. The molecule has 0 atom stereocenters. The first kappa shape index (κ1) is 13.1. The lowest BCUT2D eigenvalue weighted by Gasteiger charge is -2.04. The molecule has 0 aliphatic carbocycles. The van der Waals surface area contributed by atoms with Gasteiger partial charge in [0.1, 0.15) is 5.71 Å². The van der Waals surface area contributed by atoms with Crippen molar-refractivity contribution in [1.82, 2.24) is 0 Å². The summed E-state index contributed by atoms with van der Waals surface area (Å²) < 4.78 is 0. The van der Waals surface area contributed by atoms with Gasteiger partial charge in [0.05, 0.1) is 0 Å². The highest BCUT2D eigenvalue weighted by atomic mass is 16.4. The fraction of sp³-hybridized carbons (Fsp3) is 0.118. The molecule has 1 N–H and O–H groups in total. The molecule has 2 nitrogen and oxygen atoms in total. The number of aryl methyl sites for hydroxylation is 2. The van der Waals surface area contributed by atoms with Crippen LogP contribution >= 0.6 is 0 Å². The van der Waals surface area contributed by atoms with Crippen molar-refractivity contribution >= 4 is 11.8 Å². The molecule has 0 aliphatic heterocycles. The van der Waals surface area contributed by atoms with Crippen molar-refractivity contribution in [2.45, 2.75) is 13.8 Å². The molecule has 0 unspecified atom stereocenters. The molecule has 96 valence electrons. The second-order valence-electron chi connectivity index (χ2n) is 4.49. The summed E-state index contributed by atoms with van der Waals surface area (Å²) in [6.45, 7) is 4.06. The number of allylic oxidation sites excluding steroid dienone is 1. The van der Waals surface area contributed by atoms with Crippen LogP contribution < -0.4 is 0 Å². The van der Waals surface area contributed by atoms with E-state index in [1.807, 2.05) is 61.5 Å². The number of hydrogen-bond donors (Lipinski definition) is 1. The van der Waals surface area contributed by atoms with E-state index in [-0.39, 0.29) is 0 Å². The van der Waals surface area contributed by atoms with Gasteiger partial charge in [0, 0.05) is 5.56 Å². The van der Waals surface area contributed by atoms with Gasteiger partial charge in [-0.3, -0.25) is 0 Å². The average molecular weight is 251 g/mol. The van der Waals surface area contributed by atoms with Gasteiger partial charge in [-0.1, -0.05) is 59.8 Å². The van der Waals surface area contributed by atoms with E-state index in [2.05, 4.69) is 18.1 Å². The van der Waals surface area contributed by atoms with Crippen molar-refractivity contribution in [2.24, 2.45) is 5.16 Å². The summed E-state index contributed by atoms with van der Waals surface area (Å²) in [6.07, 6.45) is 3.81. The summed E-state index contributed by atoms with van der Waals surface area (Å²) in [5.41, 5.74) is 4.92. The van der Waals surface area contributed by atoms with Crippen LogP contribution in [-0.2, 0) is 0 Å². The average Bonchev–Trinajstić information content (AvgIpc) is 2.43. The summed E-state index contributed by atoms with van der Waals surface area (Å²) in [6, 6.07) is 16.0. The van der Waals surface area contributed by atoms with Gasteiger partial charge >= 0.3 is 0 Å². The summed E-state index contributed by atoms with van der Waals surface area (Å²) in [7, 11) is 0. The molecule has 0 saturated heterocycles. The van der Waals surface area contributed by atoms with Crippen LogP contribution in [0.3, 0.4) is 0 Å². The van der Waals surface area contributed by atoms with Crippen LogP contribution in [0.4, 0.5) is 0 Å². The first-order valence-corrected chi connectivity index (χ1v) is 6.24. The van der Waals surface area contributed by atoms with Crippen LogP contribution in [0.1, 0.15) is 22.3 Å². The first-order valence-electron chi connectivity index (χ1n) is 6.24. The lowest BCUT2D eigenvalue weighted by molar-refractivity contribution is 0.320. The van der Waals surface area contributed by atoms with E-state index in [0.717, 1.165) is 16.7 Å². The summed E-state index contributed by atoms with van der Waals surface area (Å²) in [5.74, 6) is 0. The molecule has 0 saturated carbocycles. The molecule has 2 rings (SSSR count). The highest BCUT2D eigenvalue weighted by Crippen LogP contribution is 2.13. The highest BCUT2D eigenvalue weighted by Gasteiger charge is 2.03. The molecule has 2 aromatic carbocycles. The van der Waals surface area contributed by atoms with Crippen molar-refractivity contribution in [3.63, 3.8) is 0 Å². The van der Waals surface area contributed by atoms with Gasteiger partial charge in [-0.2, -0.15) is 0 Å². The molecule has 2 heteroatoms. The van der Waals surface area contributed by atoms with Gasteiger partial charge < -0.3 is 5.21 Å². The second kappa shape index (κ2) is 6.01. The highest BCUT2D eigenvalue weighted by molar-refractivity contribution is 6.11. The van der Waals surface area contributed by atoms with Crippen molar-refractivity contribution in [3.8, 4) is 0 Å². The maximum absolute atomic E-state index is 9.19. The molecule has 2 aromatic rings. The summed E-state index contributed by atoms with van der Waals surface area (Å²) in [4.78, 5) is 0. The third kappa shape index (κ3) is 3.10. The maximum Gasteiger partial charge on any atom is 0.110 e. The van der Waals surface area contributed by atoms with Crippen LogP contribution in [0, 0.1) is 13.8 Å². The Balaban J connectivity index is 2.31. The molecular weight excluding hydrogens is 234 g/mol. The molecule has 0 radical (unpaired) electrons. The van der Waals surface area contributed by atoms with Gasteiger partial charge in [0.15, 0.2) is 0 Å². The predicted octanol–water partition coefficient (Wildman–Crippen LogP) is 4.20. The van der Waals surface area contributed by atoms with Crippen molar-refractivity contribution in [3.05, 3.63) is 76.9 Å². The van der Waals surface area contributed by atoms with E-state index in [9.17, 15) is 5.21 Å². The molecule has 0 heterocycles. The van der Waals surface area contributed by atoms with Crippen LogP contribution in [0.5, 0.6) is 0 Å². The summed E-state index contributed by atoms with van der Waals surface area (Å²) in [5, 5.41) is 12.6. The monoisotopic (exact) mass is 251 g/mol. The normalized spacial score (nSPS) is 12.0. The zero-order valence-electron chi connectivity index (χ0n) is 11.2. The third-order valence-corrected chi connectivity index (χ3v) is 3.14. The second-order valence-corrected chi connectivity index (χ2v) is 4.49. The lowest BCUT2D eigenvalue weighted by Crippen LogP contribution is -1.99. The van der Waals surface area contributed by atoms with Gasteiger partial charge in [0.2, 0.25) is 0 Å². The first-order chi connectivity index (χ1) is 9.22. The molecule has 0 spiro atoms. The molecule has 19 heavy (non-hydrogen) atoms. The SMILES string of the molecule is Cc1ccccc1C=CC(=NO)c1ccccc1C. The molecule has 0 fully saturated rings. The standard InChI is InChI=1S/C17H17NO/c1-13-7-3-5-9-15(13)11-12-17(18-19)16-10-6-4-8-14(16)2/h3-12,19H,1-2H3. The Morgan fingerprint density at radius 2 is 1.58 bits per heavy atom. The Labute approximate surface area is 113 Å². The Hall–Kier alpha value is -2.35. The molecule has 0 bridgehead atoms. The van der Waals surface area contributed by atoms with Gasteiger partial charge in [-0.25, -0.2) is 0 Å². The minimum Gasteiger partial charge on any atom is -0.410 e. The van der Waals surface area contributed by atoms with Crippen molar-refractivity contribution in [1.29, 1.82) is 0 Å². The lowest BCUT2D eigenvalue weighted by atomic mass is 10.0. The van der Waals surface area contributed by atoms with Crippen molar-refractivity contribution < 1.29 is 5.21 Å². The fourth-order valence-corrected chi connectivity index (χ4v) is 1.98. The van der Waals surface area contributed by atoms with E-state index in [0.29, 0.717) is 5.71 Å². The molecule has 0 aromatic heterocycles. The van der Waals surface area contributed by atoms with Gasteiger partial charge in [0.25, 0.3) is 0 Å². The van der Waals surface area contributed by atoms with Gasteiger partial charge in [-0.05, 0) is 36.6 Å². The quantitative estimate of drug-likeness (QED) is 0.495. The molecule has 0 amide bonds. The van der Waals surface area contributed by atoms with Crippen LogP contribution in [0.15, 0.2) is 59.8 Å². The zero-order valence-corrected chi connectivity index (χ0v) is 11.2. The van der Waals surface area contributed by atoms with Crippen LogP contribution in [-0.4, -0.2) is 10.9 Å². The van der Waals surface area contributed by atoms with Gasteiger partial charge in [-0.15, -0.1) is 0 Å². The number of hydrogen-bond acceptors (Lipinski definition) is 2. The van der Waals surface area contributed by atoms with E-state index >= 15 is 0 Å². The maximum atomic E-state index is 9.19. The topological polar surface area (TPSA) is 32.6 Å². The Kier molecular flexibility index (Phi) is 4.14. The van der Waals surface area contributed by atoms with E-state index in [1.165, 1.54) is 5.56 Å². The number of benzene rings is 2. The van der Waals surface area contributed by atoms with E-state index < -0.39 is 0 Å². The molecular formula is C17H17NO. The number of rotatable bonds is 3. The van der Waals surface area contributed by atoms with E-state index in [1.54, 1.807) is 0 Å². The fourth-order valence-electron chi connectivity index (χ4n) is 1.98. The third-order valence-electron chi connectivity index (χ3n) is 3.14. The Morgan fingerprint density at radius 3 is 2.21 bits per heavy atom. The summed E-state index contributed by atoms with van der Waals surface area (Å²) >= 11 is 0. The van der Waals surface area contributed by atoms with Crippen LogP contribution in [0.2, 0.25) is 0 Å². The predicted molar refractivity (Wildman–Crippen MR) is 79.7 cm³/mol. The Bertz CT molecular complexity index is 627. The van der Waals surface area contributed by atoms with Crippen molar-refractivity contribution in [2.75, 3.05) is 0 Å². The zero-order chi connectivity index (χ0) is 13.7.